The first-order valence-electron chi connectivity index (χ1n) is 5.73. The second-order valence-electron chi connectivity index (χ2n) is 4.23. The maximum atomic E-state index is 10.8. The maximum Gasteiger partial charge on any atom is 0.128 e. The molecule has 0 saturated carbocycles. The van der Waals surface area contributed by atoms with E-state index in [1.807, 2.05) is 6.92 Å². The van der Waals surface area contributed by atoms with Crippen LogP contribution in [0.25, 0.3) is 0 Å². The minimum Gasteiger partial charge on any atom is -0.394 e. The molecule has 1 heterocycles. The predicted molar refractivity (Wildman–Crippen MR) is 56.8 cm³/mol. The van der Waals surface area contributed by atoms with Gasteiger partial charge in [0.1, 0.15) is 12.4 Å². The highest BCUT2D eigenvalue weighted by Gasteiger charge is 2.43. The fraction of sp³-hybridized carbons (Fsp3) is 0.909. The van der Waals surface area contributed by atoms with Crippen molar-refractivity contribution in [2.75, 3.05) is 6.61 Å². The molecule has 1 saturated heterocycles. The van der Waals surface area contributed by atoms with E-state index in [0.717, 1.165) is 12.8 Å². The van der Waals surface area contributed by atoms with Crippen molar-refractivity contribution < 1.29 is 24.9 Å². The predicted octanol–water partition coefficient (Wildman–Crippen LogP) is -0.527. The molecule has 0 spiro atoms. The van der Waals surface area contributed by atoms with Crippen LogP contribution in [-0.2, 0) is 9.53 Å². The minimum atomic E-state index is -1.13. The Morgan fingerprint density at radius 2 is 1.88 bits per heavy atom. The van der Waals surface area contributed by atoms with Crippen LogP contribution in [0.1, 0.15) is 26.2 Å². The summed E-state index contributed by atoms with van der Waals surface area (Å²) in [6.45, 7) is 1.67. The smallest absolute Gasteiger partial charge is 0.128 e. The van der Waals surface area contributed by atoms with E-state index in [2.05, 4.69) is 0 Å². The SMILES string of the molecule is CCCC[C@H]1O[C@H](CO)[C@@H](O)[C@H](C=O)[C@H]1O. The third-order valence-electron chi connectivity index (χ3n) is 3.08. The number of aldehydes is 1. The summed E-state index contributed by atoms with van der Waals surface area (Å²) in [5.74, 6) is -0.868. The molecule has 0 aliphatic carbocycles. The Hall–Kier alpha value is -0.490. The Morgan fingerprint density at radius 3 is 2.38 bits per heavy atom. The number of carbonyl (C=O) groups is 1. The summed E-state index contributed by atoms with van der Waals surface area (Å²) < 4.78 is 5.39. The van der Waals surface area contributed by atoms with E-state index in [0.29, 0.717) is 12.7 Å². The van der Waals surface area contributed by atoms with Crippen LogP contribution in [0, 0.1) is 5.92 Å². The average Bonchev–Trinajstić information content (AvgIpc) is 2.29. The summed E-state index contributed by atoms with van der Waals surface area (Å²) in [7, 11) is 0. The summed E-state index contributed by atoms with van der Waals surface area (Å²) in [4.78, 5) is 10.8. The molecular weight excluding hydrogens is 212 g/mol. The number of carbonyl (C=O) groups excluding carboxylic acids is 1. The lowest BCUT2D eigenvalue weighted by atomic mass is 9.85. The van der Waals surface area contributed by atoms with E-state index in [-0.39, 0.29) is 6.61 Å². The summed E-state index contributed by atoms with van der Waals surface area (Å²) in [6.07, 6.45) is -0.356. The first-order chi connectivity index (χ1) is 7.65. The molecule has 0 aromatic heterocycles. The monoisotopic (exact) mass is 232 g/mol. The van der Waals surface area contributed by atoms with Crippen molar-refractivity contribution >= 4 is 6.29 Å². The highest BCUT2D eigenvalue weighted by Crippen LogP contribution is 2.27. The second kappa shape index (κ2) is 6.30. The molecule has 1 rings (SSSR count). The Kier molecular flexibility index (Phi) is 5.34. The van der Waals surface area contributed by atoms with Crippen molar-refractivity contribution in [3.63, 3.8) is 0 Å². The Labute approximate surface area is 95.0 Å². The van der Waals surface area contributed by atoms with Crippen LogP contribution in [0.5, 0.6) is 0 Å². The van der Waals surface area contributed by atoms with E-state index in [4.69, 9.17) is 9.84 Å². The summed E-state index contributed by atoms with van der Waals surface area (Å²) in [6, 6.07) is 0. The van der Waals surface area contributed by atoms with E-state index in [9.17, 15) is 15.0 Å². The summed E-state index contributed by atoms with van der Waals surface area (Å²) in [5.41, 5.74) is 0. The fourth-order valence-corrected chi connectivity index (χ4v) is 2.04. The van der Waals surface area contributed by atoms with Crippen LogP contribution in [0.4, 0.5) is 0 Å². The van der Waals surface area contributed by atoms with Gasteiger partial charge in [0, 0.05) is 0 Å². The highest BCUT2D eigenvalue weighted by molar-refractivity contribution is 5.56. The molecule has 5 atom stereocenters. The quantitative estimate of drug-likeness (QED) is 0.555. The molecular formula is C11H20O5. The van der Waals surface area contributed by atoms with Crippen LogP contribution in [0.3, 0.4) is 0 Å². The molecule has 1 aliphatic heterocycles. The molecule has 0 aromatic rings. The van der Waals surface area contributed by atoms with Crippen LogP contribution in [-0.4, -0.2) is 52.6 Å². The zero-order chi connectivity index (χ0) is 12.1. The molecule has 1 fully saturated rings. The van der Waals surface area contributed by atoms with Crippen molar-refractivity contribution in [1.82, 2.24) is 0 Å². The van der Waals surface area contributed by atoms with E-state index < -0.39 is 30.3 Å². The van der Waals surface area contributed by atoms with Crippen LogP contribution in [0.15, 0.2) is 0 Å². The van der Waals surface area contributed by atoms with Crippen molar-refractivity contribution in [3.05, 3.63) is 0 Å². The number of rotatable bonds is 5. The number of ether oxygens (including phenoxy) is 1. The molecule has 5 nitrogen and oxygen atoms in total. The molecule has 16 heavy (non-hydrogen) atoms. The molecule has 1 aliphatic rings. The molecule has 0 unspecified atom stereocenters. The van der Waals surface area contributed by atoms with Gasteiger partial charge in [0.15, 0.2) is 0 Å². The molecule has 5 heteroatoms. The van der Waals surface area contributed by atoms with Crippen molar-refractivity contribution in [2.24, 2.45) is 5.92 Å². The van der Waals surface area contributed by atoms with Gasteiger partial charge in [-0.2, -0.15) is 0 Å². The second-order valence-corrected chi connectivity index (χ2v) is 4.23. The summed E-state index contributed by atoms with van der Waals surface area (Å²) >= 11 is 0. The normalized spacial score (nSPS) is 39.6. The van der Waals surface area contributed by atoms with Gasteiger partial charge in [-0.3, -0.25) is 0 Å². The van der Waals surface area contributed by atoms with Gasteiger partial charge >= 0.3 is 0 Å². The van der Waals surface area contributed by atoms with Gasteiger partial charge in [0.05, 0.1) is 30.8 Å². The Bertz CT molecular complexity index is 220. The average molecular weight is 232 g/mol. The number of unbranched alkanes of at least 4 members (excludes halogenated alkanes) is 1. The molecule has 94 valence electrons. The Balaban J connectivity index is 2.68. The van der Waals surface area contributed by atoms with Gasteiger partial charge in [-0.25, -0.2) is 0 Å². The fourth-order valence-electron chi connectivity index (χ4n) is 2.04. The number of aliphatic hydroxyl groups is 3. The van der Waals surface area contributed by atoms with E-state index in [1.165, 1.54) is 0 Å². The maximum absolute atomic E-state index is 10.8. The lowest BCUT2D eigenvalue weighted by Gasteiger charge is -2.40. The third-order valence-corrected chi connectivity index (χ3v) is 3.08. The van der Waals surface area contributed by atoms with Crippen LogP contribution < -0.4 is 0 Å². The summed E-state index contributed by atoms with van der Waals surface area (Å²) in [5, 5.41) is 28.5. The minimum absolute atomic E-state index is 0.346. The van der Waals surface area contributed by atoms with Crippen LogP contribution in [0.2, 0.25) is 0 Å². The first kappa shape index (κ1) is 13.6. The third kappa shape index (κ3) is 2.79. The van der Waals surface area contributed by atoms with Gasteiger partial charge in [0.25, 0.3) is 0 Å². The van der Waals surface area contributed by atoms with Crippen molar-refractivity contribution in [3.8, 4) is 0 Å². The van der Waals surface area contributed by atoms with Gasteiger partial charge < -0.3 is 24.9 Å². The highest BCUT2D eigenvalue weighted by atomic mass is 16.5. The topological polar surface area (TPSA) is 87.0 Å². The molecule has 0 amide bonds. The van der Waals surface area contributed by atoms with Gasteiger partial charge in [0.2, 0.25) is 0 Å². The standard InChI is InChI=1S/C11H20O5/c1-2-3-4-8-10(14)7(5-12)11(15)9(6-13)16-8/h5,7-11,13-15H,2-4,6H2,1H3/t7-,8-,9-,10-,11+/m1/s1. The van der Waals surface area contributed by atoms with Gasteiger partial charge in [-0.15, -0.1) is 0 Å². The van der Waals surface area contributed by atoms with Gasteiger partial charge in [-0.1, -0.05) is 19.8 Å². The van der Waals surface area contributed by atoms with E-state index >= 15 is 0 Å². The van der Waals surface area contributed by atoms with Crippen molar-refractivity contribution in [1.29, 1.82) is 0 Å². The largest absolute Gasteiger partial charge is 0.394 e. The molecule has 0 aromatic carbocycles. The zero-order valence-electron chi connectivity index (χ0n) is 9.45. The molecule has 3 N–H and O–H groups in total. The van der Waals surface area contributed by atoms with Crippen LogP contribution >= 0.6 is 0 Å². The van der Waals surface area contributed by atoms with Crippen molar-refractivity contribution in [2.45, 2.75) is 50.6 Å². The number of aliphatic hydroxyl groups excluding tert-OH is 3. The van der Waals surface area contributed by atoms with Gasteiger partial charge in [-0.05, 0) is 6.42 Å². The Morgan fingerprint density at radius 1 is 1.25 bits per heavy atom. The number of hydrogen-bond donors (Lipinski definition) is 3. The lowest BCUT2D eigenvalue weighted by Crippen LogP contribution is -2.55. The lowest BCUT2D eigenvalue weighted by molar-refractivity contribution is -0.205. The first-order valence-corrected chi connectivity index (χ1v) is 5.73. The van der Waals surface area contributed by atoms with E-state index in [1.54, 1.807) is 0 Å². The molecule has 0 bridgehead atoms. The molecule has 0 radical (unpaired) electrons. The zero-order valence-corrected chi connectivity index (χ0v) is 9.45. The number of hydrogen-bond acceptors (Lipinski definition) is 5.